The van der Waals surface area contributed by atoms with Gasteiger partial charge in [-0.2, -0.15) is 0 Å². The molecule has 3 heterocycles. The largest absolute Gasteiger partial charge is 0.457 e. The Kier molecular flexibility index (Phi) is 5.52. The zero-order chi connectivity index (χ0) is 22.8. The number of fused-ring (bicyclic) bond motifs is 1. The molecule has 0 spiro atoms. The van der Waals surface area contributed by atoms with E-state index in [1.807, 2.05) is 60.7 Å². The van der Waals surface area contributed by atoms with Crippen molar-refractivity contribution in [3.8, 4) is 17.2 Å². The van der Waals surface area contributed by atoms with Crippen molar-refractivity contribution >= 4 is 16.9 Å². The van der Waals surface area contributed by atoms with Crippen LogP contribution in [0.2, 0.25) is 0 Å². The van der Waals surface area contributed by atoms with Crippen molar-refractivity contribution < 1.29 is 9.53 Å². The second-order valence-electron chi connectivity index (χ2n) is 8.05. The first-order chi connectivity index (χ1) is 16.2. The van der Waals surface area contributed by atoms with Gasteiger partial charge in [-0.3, -0.25) is 18.9 Å². The van der Waals surface area contributed by atoms with Gasteiger partial charge in [-0.25, -0.2) is 4.79 Å². The molecular weight excluding hydrogens is 416 g/mol. The third-order valence-corrected chi connectivity index (χ3v) is 6.00. The lowest BCUT2D eigenvalue weighted by molar-refractivity contribution is -0.127. The van der Waals surface area contributed by atoms with Gasteiger partial charge in [0.15, 0.2) is 0 Å². The number of carbonyl (C=O) groups is 1. The number of aromatic nitrogens is 3. The molecular formula is C26H24N4O3. The molecule has 1 amide bonds. The van der Waals surface area contributed by atoms with Gasteiger partial charge >= 0.3 is 5.69 Å². The smallest absolute Gasteiger partial charge is 0.334 e. The van der Waals surface area contributed by atoms with Crippen LogP contribution in [0, 0.1) is 0 Å². The molecule has 1 atom stereocenters. The van der Waals surface area contributed by atoms with E-state index in [-0.39, 0.29) is 17.6 Å². The van der Waals surface area contributed by atoms with E-state index in [2.05, 4.69) is 11.6 Å². The van der Waals surface area contributed by atoms with Gasteiger partial charge in [0.2, 0.25) is 5.91 Å². The van der Waals surface area contributed by atoms with E-state index in [0.717, 1.165) is 35.3 Å². The van der Waals surface area contributed by atoms with Crippen LogP contribution in [0.3, 0.4) is 0 Å². The van der Waals surface area contributed by atoms with E-state index in [1.54, 1.807) is 26.4 Å². The molecule has 166 valence electrons. The van der Waals surface area contributed by atoms with Gasteiger partial charge in [0.25, 0.3) is 0 Å². The number of rotatable bonds is 5. The van der Waals surface area contributed by atoms with Crippen LogP contribution < -0.4 is 10.4 Å². The van der Waals surface area contributed by atoms with Gasteiger partial charge in [0.05, 0.1) is 29.0 Å². The minimum Gasteiger partial charge on any atom is -0.457 e. The van der Waals surface area contributed by atoms with Gasteiger partial charge in [0, 0.05) is 19.3 Å². The summed E-state index contributed by atoms with van der Waals surface area (Å²) in [5, 5.41) is 0. The highest BCUT2D eigenvalue weighted by molar-refractivity contribution is 5.87. The Bertz CT molecular complexity index is 1360. The summed E-state index contributed by atoms with van der Waals surface area (Å²) in [5.74, 6) is 1.33. The van der Waals surface area contributed by atoms with Crippen molar-refractivity contribution in [3.63, 3.8) is 0 Å². The molecule has 0 bridgehead atoms. The van der Waals surface area contributed by atoms with Gasteiger partial charge in [-0.1, -0.05) is 24.8 Å². The number of para-hydroxylation sites is 1. The number of likely N-dealkylation sites (tertiary alicyclic amines) is 1. The van der Waals surface area contributed by atoms with Gasteiger partial charge in [-0.15, -0.1) is 0 Å². The molecule has 33 heavy (non-hydrogen) atoms. The summed E-state index contributed by atoms with van der Waals surface area (Å²) in [6.07, 6.45) is 6.38. The number of imidazole rings is 1. The van der Waals surface area contributed by atoms with Crippen molar-refractivity contribution in [2.75, 3.05) is 13.1 Å². The van der Waals surface area contributed by atoms with E-state index in [9.17, 15) is 9.59 Å². The average Bonchev–Trinajstić information content (AvgIpc) is 3.16. The Morgan fingerprint density at radius 3 is 2.55 bits per heavy atom. The van der Waals surface area contributed by atoms with Gasteiger partial charge in [-0.05, 0) is 61.4 Å². The van der Waals surface area contributed by atoms with Gasteiger partial charge < -0.3 is 9.64 Å². The molecule has 2 aromatic carbocycles. The highest BCUT2D eigenvalue weighted by Crippen LogP contribution is 2.27. The fourth-order valence-corrected chi connectivity index (χ4v) is 4.45. The SMILES string of the molecule is C=CC(=O)N1CCCC(n2c(=O)n(-c3ccc(Oc4ccccc4)cc3)c3cnccc32)C1. The van der Waals surface area contributed by atoms with Gasteiger partial charge in [0.1, 0.15) is 11.5 Å². The van der Waals surface area contributed by atoms with Crippen LogP contribution in [0.25, 0.3) is 16.7 Å². The number of pyridine rings is 1. The topological polar surface area (TPSA) is 69.4 Å². The quantitative estimate of drug-likeness (QED) is 0.433. The second-order valence-corrected chi connectivity index (χ2v) is 8.05. The highest BCUT2D eigenvalue weighted by atomic mass is 16.5. The number of ether oxygens (including phenoxy) is 1. The average molecular weight is 441 g/mol. The van der Waals surface area contributed by atoms with Crippen LogP contribution >= 0.6 is 0 Å². The molecule has 1 fully saturated rings. The van der Waals surface area contributed by atoms with Crippen LogP contribution in [0.15, 0.2) is 90.5 Å². The molecule has 7 heteroatoms. The van der Waals surface area contributed by atoms with E-state index < -0.39 is 0 Å². The molecule has 1 saturated heterocycles. The zero-order valence-electron chi connectivity index (χ0n) is 18.1. The Morgan fingerprint density at radius 2 is 1.79 bits per heavy atom. The summed E-state index contributed by atoms with van der Waals surface area (Å²) >= 11 is 0. The fourth-order valence-electron chi connectivity index (χ4n) is 4.45. The number of hydrogen-bond donors (Lipinski definition) is 0. The maximum Gasteiger partial charge on any atom is 0.334 e. The zero-order valence-corrected chi connectivity index (χ0v) is 18.1. The molecule has 0 radical (unpaired) electrons. The Hall–Kier alpha value is -4.13. The maximum absolute atomic E-state index is 13.7. The molecule has 1 aliphatic rings. The van der Waals surface area contributed by atoms with Crippen molar-refractivity contribution in [1.29, 1.82) is 0 Å². The number of piperidine rings is 1. The molecule has 0 saturated carbocycles. The third kappa shape index (κ3) is 3.93. The molecule has 7 nitrogen and oxygen atoms in total. The lowest BCUT2D eigenvalue weighted by Crippen LogP contribution is -2.42. The number of carbonyl (C=O) groups excluding carboxylic acids is 1. The summed E-state index contributed by atoms with van der Waals surface area (Å²) in [7, 11) is 0. The highest BCUT2D eigenvalue weighted by Gasteiger charge is 2.27. The lowest BCUT2D eigenvalue weighted by Gasteiger charge is -2.32. The molecule has 5 rings (SSSR count). The summed E-state index contributed by atoms with van der Waals surface area (Å²) in [5.41, 5.74) is 2.11. The summed E-state index contributed by atoms with van der Waals surface area (Å²) in [6.45, 7) is 4.76. The van der Waals surface area contributed by atoms with Crippen molar-refractivity contribution in [3.05, 3.63) is 96.2 Å². The number of amides is 1. The molecule has 0 aliphatic carbocycles. The molecule has 0 N–H and O–H groups in total. The summed E-state index contributed by atoms with van der Waals surface area (Å²) < 4.78 is 9.35. The van der Waals surface area contributed by atoms with Crippen molar-refractivity contribution in [2.45, 2.75) is 18.9 Å². The summed E-state index contributed by atoms with van der Waals surface area (Å²) in [6, 6.07) is 18.7. The minimum atomic E-state index is -0.146. The van der Waals surface area contributed by atoms with E-state index in [0.29, 0.717) is 18.8 Å². The van der Waals surface area contributed by atoms with Crippen molar-refractivity contribution in [1.82, 2.24) is 19.0 Å². The van der Waals surface area contributed by atoms with Crippen LogP contribution in [0.4, 0.5) is 0 Å². The Morgan fingerprint density at radius 1 is 1.03 bits per heavy atom. The lowest BCUT2D eigenvalue weighted by atomic mass is 10.1. The number of nitrogens with zero attached hydrogens (tertiary/aromatic N) is 4. The van der Waals surface area contributed by atoms with Crippen LogP contribution in [-0.2, 0) is 4.79 Å². The Balaban J connectivity index is 1.52. The summed E-state index contributed by atoms with van der Waals surface area (Å²) in [4.78, 5) is 31.8. The van der Waals surface area contributed by atoms with E-state index in [4.69, 9.17) is 4.74 Å². The van der Waals surface area contributed by atoms with Crippen LogP contribution in [0.1, 0.15) is 18.9 Å². The first-order valence-corrected chi connectivity index (χ1v) is 11.0. The predicted octanol–water partition coefficient (Wildman–Crippen LogP) is 4.33. The maximum atomic E-state index is 13.7. The molecule has 1 unspecified atom stereocenters. The fraction of sp³-hybridized carbons (Fsp3) is 0.192. The Labute approximate surface area is 191 Å². The van der Waals surface area contributed by atoms with E-state index in [1.165, 1.54) is 6.08 Å². The standard InChI is InChI=1S/C26H24N4O3/c1-2-25(31)28-16-6-7-20(18-28)30-23-14-15-27-17-24(23)29(26(30)32)19-10-12-22(13-11-19)33-21-8-4-3-5-9-21/h2-5,8-15,17,20H,1,6-7,16,18H2. The predicted molar refractivity (Wildman–Crippen MR) is 127 cm³/mol. The molecule has 2 aromatic heterocycles. The second kappa shape index (κ2) is 8.78. The minimum absolute atomic E-state index is 0.104. The van der Waals surface area contributed by atoms with E-state index >= 15 is 0 Å². The molecule has 4 aromatic rings. The third-order valence-electron chi connectivity index (χ3n) is 6.00. The van der Waals surface area contributed by atoms with Crippen molar-refractivity contribution in [2.24, 2.45) is 0 Å². The first-order valence-electron chi connectivity index (χ1n) is 11.0. The number of hydrogen-bond acceptors (Lipinski definition) is 4. The first kappa shape index (κ1) is 20.8. The number of benzene rings is 2. The molecule has 1 aliphatic heterocycles. The normalized spacial score (nSPS) is 16.0. The van der Waals surface area contributed by atoms with Crippen LogP contribution in [0.5, 0.6) is 11.5 Å². The van der Waals surface area contributed by atoms with Crippen LogP contribution in [-0.4, -0.2) is 38.0 Å². The monoisotopic (exact) mass is 440 g/mol.